The Hall–Kier alpha value is -2.17. The number of sulfonamides is 1. The number of carbonyl (C=O) groups excluding carboxylic acids is 1. The smallest absolute Gasteiger partial charge is 0.329 e. The van der Waals surface area contributed by atoms with Crippen LogP contribution in [-0.4, -0.2) is 68.7 Å². The summed E-state index contributed by atoms with van der Waals surface area (Å²) in [5.74, 6) is -1.61. The fourth-order valence-electron chi connectivity index (χ4n) is 2.75. The Morgan fingerprint density at radius 1 is 1.27 bits per heavy atom. The van der Waals surface area contributed by atoms with Gasteiger partial charge in [0, 0.05) is 18.7 Å². The molecule has 2 N–H and O–H groups in total. The maximum atomic E-state index is 12.9. The van der Waals surface area contributed by atoms with E-state index >= 15 is 0 Å². The average Bonchev–Trinajstić information content (AvgIpc) is 3.42. The van der Waals surface area contributed by atoms with Crippen molar-refractivity contribution in [3.63, 3.8) is 0 Å². The van der Waals surface area contributed by atoms with Gasteiger partial charge in [-0.2, -0.15) is 4.31 Å². The minimum atomic E-state index is -3.87. The standard InChI is InChI=1S/C16H20N2O7S/c1-24-12-3-2-11(14(19)17-16(4-5-16)15(20)21)10-13(12)26(22,23)18-6-8-25-9-7-18/h2-3,10H,4-9H2,1H3,(H,17,19)(H,20,21). The van der Waals surface area contributed by atoms with Crippen LogP contribution in [0, 0.1) is 0 Å². The van der Waals surface area contributed by atoms with Gasteiger partial charge in [-0.25, -0.2) is 13.2 Å². The minimum Gasteiger partial charge on any atom is -0.495 e. The average molecular weight is 384 g/mol. The van der Waals surface area contributed by atoms with Crippen molar-refractivity contribution in [2.24, 2.45) is 0 Å². The summed E-state index contributed by atoms with van der Waals surface area (Å²) in [6, 6.07) is 4.02. The molecule has 0 atom stereocenters. The van der Waals surface area contributed by atoms with Gasteiger partial charge in [0.1, 0.15) is 16.2 Å². The van der Waals surface area contributed by atoms with Crippen LogP contribution in [0.1, 0.15) is 23.2 Å². The Morgan fingerprint density at radius 2 is 1.92 bits per heavy atom. The molecule has 1 aliphatic carbocycles. The zero-order valence-electron chi connectivity index (χ0n) is 14.2. The first kappa shape index (κ1) is 18.6. The quantitative estimate of drug-likeness (QED) is 0.711. The van der Waals surface area contributed by atoms with E-state index in [2.05, 4.69) is 5.32 Å². The number of hydrogen-bond donors (Lipinski definition) is 2. The van der Waals surface area contributed by atoms with Crippen molar-refractivity contribution in [3.05, 3.63) is 23.8 Å². The van der Waals surface area contributed by atoms with E-state index in [0.29, 0.717) is 26.1 Å². The van der Waals surface area contributed by atoms with Crippen LogP contribution in [0.5, 0.6) is 5.75 Å². The highest BCUT2D eigenvalue weighted by atomic mass is 32.2. The van der Waals surface area contributed by atoms with Gasteiger partial charge >= 0.3 is 5.97 Å². The van der Waals surface area contributed by atoms with E-state index in [1.165, 1.54) is 29.6 Å². The summed E-state index contributed by atoms with van der Waals surface area (Å²) in [7, 11) is -2.53. The van der Waals surface area contributed by atoms with Crippen molar-refractivity contribution in [2.45, 2.75) is 23.3 Å². The number of benzene rings is 1. The summed E-state index contributed by atoms with van der Waals surface area (Å²) >= 11 is 0. The van der Waals surface area contributed by atoms with Crippen molar-refractivity contribution in [2.75, 3.05) is 33.4 Å². The van der Waals surface area contributed by atoms with Gasteiger partial charge in [-0.3, -0.25) is 4.79 Å². The Morgan fingerprint density at radius 3 is 2.46 bits per heavy atom. The third kappa shape index (κ3) is 3.39. The summed E-state index contributed by atoms with van der Waals surface area (Å²) < 4.78 is 37.4. The number of aliphatic carboxylic acids is 1. The van der Waals surface area contributed by atoms with E-state index in [0.717, 1.165) is 0 Å². The van der Waals surface area contributed by atoms with Gasteiger partial charge in [0.25, 0.3) is 5.91 Å². The molecule has 1 aliphatic heterocycles. The molecule has 0 aromatic heterocycles. The molecule has 1 heterocycles. The number of nitrogens with one attached hydrogen (secondary N) is 1. The lowest BCUT2D eigenvalue weighted by Crippen LogP contribution is -2.43. The van der Waals surface area contributed by atoms with E-state index in [-0.39, 0.29) is 29.3 Å². The lowest BCUT2D eigenvalue weighted by molar-refractivity contribution is -0.140. The van der Waals surface area contributed by atoms with Gasteiger partial charge in [0.05, 0.1) is 20.3 Å². The third-order valence-electron chi connectivity index (χ3n) is 4.53. The number of carboxylic acid groups (broad SMARTS) is 1. The zero-order valence-corrected chi connectivity index (χ0v) is 15.0. The van der Waals surface area contributed by atoms with E-state index in [1.54, 1.807) is 0 Å². The van der Waals surface area contributed by atoms with E-state index in [4.69, 9.17) is 9.47 Å². The molecular formula is C16H20N2O7S. The fraction of sp³-hybridized carbons (Fsp3) is 0.500. The van der Waals surface area contributed by atoms with Crippen molar-refractivity contribution >= 4 is 21.9 Å². The van der Waals surface area contributed by atoms with Gasteiger partial charge in [0.2, 0.25) is 10.0 Å². The molecule has 1 aromatic carbocycles. The highest BCUT2D eigenvalue weighted by molar-refractivity contribution is 7.89. The van der Waals surface area contributed by atoms with Crippen LogP contribution < -0.4 is 10.1 Å². The van der Waals surface area contributed by atoms with E-state index < -0.39 is 27.4 Å². The maximum Gasteiger partial charge on any atom is 0.329 e. The number of amides is 1. The van der Waals surface area contributed by atoms with Crippen molar-refractivity contribution in [1.29, 1.82) is 0 Å². The number of carboxylic acids is 1. The molecule has 0 unspecified atom stereocenters. The fourth-order valence-corrected chi connectivity index (χ4v) is 4.34. The maximum absolute atomic E-state index is 12.9. The third-order valence-corrected chi connectivity index (χ3v) is 6.45. The molecule has 1 saturated carbocycles. The van der Waals surface area contributed by atoms with Crippen LogP contribution in [0.4, 0.5) is 0 Å². The van der Waals surface area contributed by atoms with Gasteiger partial charge < -0.3 is 19.9 Å². The first-order valence-electron chi connectivity index (χ1n) is 8.12. The highest BCUT2D eigenvalue weighted by Crippen LogP contribution is 2.36. The van der Waals surface area contributed by atoms with Crippen LogP contribution in [0.3, 0.4) is 0 Å². The van der Waals surface area contributed by atoms with Crippen LogP contribution >= 0.6 is 0 Å². The van der Waals surface area contributed by atoms with Crippen molar-refractivity contribution in [1.82, 2.24) is 9.62 Å². The van der Waals surface area contributed by atoms with Crippen molar-refractivity contribution < 1.29 is 32.6 Å². The molecule has 10 heteroatoms. The Balaban J connectivity index is 1.91. The molecule has 1 aromatic rings. The lowest BCUT2D eigenvalue weighted by atomic mass is 10.1. The summed E-state index contributed by atoms with van der Waals surface area (Å²) in [6.45, 7) is 1.01. The molecule has 0 spiro atoms. The molecule has 2 fully saturated rings. The van der Waals surface area contributed by atoms with Crippen LogP contribution in [0.2, 0.25) is 0 Å². The number of nitrogens with zero attached hydrogens (tertiary/aromatic N) is 1. The Labute approximate surface area is 150 Å². The highest BCUT2D eigenvalue weighted by Gasteiger charge is 2.51. The Bertz CT molecular complexity index is 827. The van der Waals surface area contributed by atoms with E-state index in [1.807, 2.05) is 0 Å². The molecule has 142 valence electrons. The number of morpholine rings is 1. The molecule has 1 saturated heterocycles. The first-order valence-corrected chi connectivity index (χ1v) is 9.56. The number of ether oxygens (including phenoxy) is 2. The summed E-state index contributed by atoms with van der Waals surface area (Å²) in [4.78, 5) is 23.5. The Kier molecular flexibility index (Phi) is 4.91. The van der Waals surface area contributed by atoms with Crippen LogP contribution in [0.15, 0.2) is 23.1 Å². The second-order valence-corrected chi connectivity index (χ2v) is 8.13. The molecule has 9 nitrogen and oxygen atoms in total. The molecule has 1 amide bonds. The monoisotopic (exact) mass is 384 g/mol. The largest absolute Gasteiger partial charge is 0.495 e. The van der Waals surface area contributed by atoms with Gasteiger partial charge in [0.15, 0.2) is 0 Å². The molecule has 0 bridgehead atoms. The van der Waals surface area contributed by atoms with Crippen LogP contribution in [0.25, 0.3) is 0 Å². The second kappa shape index (κ2) is 6.86. The molecule has 3 rings (SSSR count). The topological polar surface area (TPSA) is 122 Å². The summed E-state index contributed by atoms with van der Waals surface area (Å²) in [5.41, 5.74) is -1.19. The number of carbonyl (C=O) groups is 2. The van der Waals surface area contributed by atoms with Gasteiger partial charge in [-0.1, -0.05) is 0 Å². The number of hydrogen-bond acceptors (Lipinski definition) is 6. The van der Waals surface area contributed by atoms with E-state index in [9.17, 15) is 23.1 Å². The van der Waals surface area contributed by atoms with Gasteiger partial charge in [-0.05, 0) is 31.0 Å². The molecule has 26 heavy (non-hydrogen) atoms. The van der Waals surface area contributed by atoms with Gasteiger partial charge in [-0.15, -0.1) is 0 Å². The van der Waals surface area contributed by atoms with Crippen LogP contribution in [-0.2, 0) is 19.6 Å². The normalized spacial score (nSPS) is 19.6. The zero-order chi connectivity index (χ0) is 18.9. The first-order chi connectivity index (χ1) is 12.3. The summed E-state index contributed by atoms with van der Waals surface area (Å²) in [6.07, 6.45) is 0.701. The molecule has 2 aliphatic rings. The summed E-state index contributed by atoms with van der Waals surface area (Å²) in [5, 5.41) is 11.7. The lowest BCUT2D eigenvalue weighted by Gasteiger charge is -2.26. The number of rotatable bonds is 6. The predicted octanol–water partition coefficient (Wildman–Crippen LogP) is 0.0631. The number of methoxy groups -OCH3 is 1. The predicted molar refractivity (Wildman–Crippen MR) is 89.6 cm³/mol. The molecule has 0 radical (unpaired) electrons. The second-order valence-electron chi connectivity index (χ2n) is 6.22. The molecular weight excluding hydrogens is 364 g/mol. The minimum absolute atomic E-state index is 0.0603. The van der Waals surface area contributed by atoms with Crippen molar-refractivity contribution in [3.8, 4) is 5.75 Å². The SMILES string of the molecule is COc1ccc(C(=O)NC2(C(=O)O)CC2)cc1S(=O)(=O)N1CCOCC1.